The van der Waals surface area contributed by atoms with Gasteiger partial charge in [-0.1, -0.05) is 0 Å². The van der Waals surface area contributed by atoms with Crippen molar-refractivity contribution in [1.82, 2.24) is 4.90 Å². The van der Waals surface area contributed by atoms with E-state index in [1.54, 1.807) is 0 Å². The molecule has 1 N–H and O–H groups in total. The molecular formula is C23H30FNO4. The number of carboxylic acid groups (broad SMARTS) is 1. The van der Waals surface area contributed by atoms with Crippen molar-refractivity contribution < 1.29 is 23.8 Å². The quantitative estimate of drug-likeness (QED) is 0.649. The number of hydrogen-bond acceptors (Lipinski definition) is 3. The van der Waals surface area contributed by atoms with Gasteiger partial charge in [0, 0.05) is 25.6 Å². The topological polar surface area (TPSA) is 66.8 Å². The van der Waals surface area contributed by atoms with Gasteiger partial charge in [0.2, 0.25) is 5.91 Å². The first-order valence-corrected chi connectivity index (χ1v) is 10.9. The molecule has 0 atom stereocenters. The Morgan fingerprint density at radius 3 is 2.52 bits per heavy atom. The molecule has 1 amide bonds. The first kappa shape index (κ1) is 20.2. The maximum Gasteiger partial charge on any atom is 0.338 e. The molecule has 3 aliphatic rings. The number of nitrogens with zero attached hydrogens (tertiary/aromatic N) is 1. The highest BCUT2D eigenvalue weighted by Crippen LogP contribution is 2.54. The van der Waals surface area contributed by atoms with Crippen LogP contribution in [0, 0.1) is 23.1 Å². The Labute approximate surface area is 171 Å². The lowest BCUT2D eigenvalue weighted by Crippen LogP contribution is -2.48. The number of benzene rings is 1. The fraction of sp³-hybridized carbons (Fsp3) is 0.652. The van der Waals surface area contributed by atoms with E-state index >= 15 is 0 Å². The number of halogens is 1. The average Bonchev–Trinajstić information content (AvgIpc) is 3.48. The van der Waals surface area contributed by atoms with E-state index in [2.05, 4.69) is 4.90 Å². The molecule has 1 heterocycles. The summed E-state index contributed by atoms with van der Waals surface area (Å²) in [4.78, 5) is 25.2. The summed E-state index contributed by atoms with van der Waals surface area (Å²) in [5.74, 6) is 0.0895. The normalized spacial score (nSPS) is 21.1. The Kier molecular flexibility index (Phi) is 5.79. The maximum absolute atomic E-state index is 13.7. The molecule has 158 valence electrons. The Hall–Kier alpha value is -2.11. The highest BCUT2D eigenvalue weighted by Gasteiger charge is 2.45. The van der Waals surface area contributed by atoms with Crippen molar-refractivity contribution in [2.45, 2.75) is 57.8 Å². The highest BCUT2D eigenvalue weighted by molar-refractivity contribution is 5.88. The predicted molar refractivity (Wildman–Crippen MR) is 106 cm³/mol. The van der Waals surface area contributed by atoms with E-state index < -0.39 is 11.8 Å². The van der Waals surface area contributed by atoms with Gasteiger partial charge in [-0.05, 0) is 80.8 Å². The second-order valence-corrected chi connectivity index (χ2v) is 9.24. The molecule has 3 fully saturated rings. The van der Waals surface area contributed by atoms with E-state index in [0.717, 1.165) is 57.2 Å². The van der Waals surface area contributed by atoms with Crippen LogP contribution in [0.4, 0.5) is 4.39 Å². The van der Waals surface area contributed by atoms with Crippen LogP contribution >= 0.6 is 0 Å². The number of likely N-dealkylation sites (tertiary alicyclic amines) is 1. The molecule has 29 heavy (non-hydrogen) atoms. The summed E-state index contributed by atoms with van der Waals surface area (Å²) in [7, 11) is 0. The van der Waals surface area contributed by atoms with Gasteiger partial charge in [0.1, 0.15) is 11.6 Å². The zero-order valence-electron chi connectivity index (χ0n) is 16.9. The summed E-state index contributed by atoms with van der Waals surface area (Å²) in [5, 5.41) is 8.85. The molecule has 5 nitrogen and oxygen atoms in total. The summed E-state index contributed by atoms with van der Waals surface area (Å²) in [6.45, 7) is 2.37. The van der Waals surface area contributed by atoms with Gasteiger partial charge < -0.3 is 14.7 Å². The third-order valence-corrected chi connectivity index (χ3v) is 6.98. The van der Waals surface area contributed by atoms with Crippen molar-refractivity contribution in [3.63, 3.8) is 0 Å². The molecule has 1 aromatic rings. The van der Waals surface area contributed by atoms with E-state index in [1.807, 2.05) is 0 Å². The molecule has 1 spiro atoms. The van der Waals surface area contributed by atoms with E-state index in [1.165, 1.54) is 37.8 Å². The van der Waals surface area contributed by atoms with Crippen molar-refractivity contribution in [3.8, 4) is 5.75 Å². The van der Waals surface area contributed by atoms with Crippen LogP contribution in [0.5, 0.6) is 5.75 Å². The number of carbonyl (C=O) groups excluding carboxylic acids is 1. The van der Waals surface area contributed by atoms with Crippen LogP contribution in [0.3, 0.4) is 0 Å². The van der Waals surface area contributed by atoms with E-state index in [0.29, 0.717) is 29.6 Å². The first-order valence-electron chi connectivity index (χ1n) is 10.9. The van der Waals surface area contributed by atoms with Crippen LogP contribution in [0.25, 0.3) is 0 Å². The van der Waals surface area contributed by atoms with Crippen LogP contribution < -0.4 is 4.74 Å². The van der Waals surface area contributed by atoms with E-state index in [4.69, 9.17) is 9.84 Å². The van der Waals surface area contributed by atoms with Gasteiger partial charge >= 0.3 is 5.97 Å². The summed E-state index contributed by atoms with van der Waals surface area (Å²) >= 11 is 0. The van der Waals surface area contributed by atoms with E-state index in [-0.39, 0.29) is 5.56 Å². The van der Waals surface area contributed by atoms with Crippen molar-refractivity contribution in [1.29, 1.82) is 0 Å². The minimum absolute atomic E-state index is 0.336. The molecule has 1 aromatic carbocycles. The monoisotopic (exact) mass is 403 g/mol. The molecule has 0 radical (unpaired) electrons. The van der Waals surface area contributed by atoms with Crippen molar-refractivity contribution in [3.05, 3.63) is 29.6 Å². The zero-order chi connectivity index (χ0) is 20.4. The maximum atomic E-state index is 13.7. The van der Waals surface area contributed by atoms with E-state index in [9.17, 15) is 14.0 Å². The summed E-state index contributed by atoms with van der Waals surface area (Å²) in [5.41, 5.74) is 0.120. The molecule has 2 saturated carbocycles. The van der Waals surface area contributed by atoms with Crippen LogP contribution in [-0.4, -0.2) is 41.6 Å². The molecule has 0 unspecified atom stereocenters. The number of carboxylic acids is 1. The fourth-order valence-corrected chi connectivity index (χ4v) is 5.03. The van der Waals surface area contributed by atoms with Crippen molar-refractivity contribution in [2.24, 2.45) is 17.3 Å². The Morgan fingerprint density at radius 1 is 1.17 bits per heavy atom. The van der Waals surface area contributed by atoms with Gasteiger partial charge in [0.15, 0.2) is 0 Å². The fourth-order valence-electron chi connectivity index (χ4n) is 5.03. The Balaban J connectivity index is 1.12. The van der Waals surface area contributed by atoms with Crippen LogP contribution in [0.1, 0.15) is 68.1 Å². The van der Waals surface area contributed by atoms with Gasteiger partial charge in [-0.25, -0.2) is 9.18 Å². The predicted octanol–water partition coefficient (Wildman–Crippen LogP) is 4.50. The number of ether oxygens (including phenoxy) is 1. The lowest BCUT2D eigenvalue weighted by Gasteiger charge is -2.52. The number of aromatic carboxylic acids is 1. The molecule has 1 aliphatic heterocycles. The number of piperidine rings is 1. The molecule has 1 saturated heterocycles. The lowest BCUT2D eigenvalue weighted by molar-refractivity contribution is -0.135. The second-order valence-electron chi connectivity index (χ2n) is 9.24. The summed E-state index contributed by atoms with van der Waals surface area (Å²) in [6.07, 6.45) is 10.0. The highest BCUT2D eigenvalue weighted by atomic mass is 19.1. The summed E-state index contributed by atoms with van der Waals surface area (Å²) in [6, 6.07) is 3.88. The van der Waals surface area contributed by atoms with Gasteiger partial charge in [-0.2, -0.15) is 0 Å². The second kappa shape index (κ2) is 8.33. The van der Waals surface area contributed by atoms with Gasteiger partial charge in [0.25, 0.3) is 0 Å². The Morgan fingerprint density at radius 2 is 1.90 bits per heavy atom. The van der Waals surface area contributed by atoms with Gasteiger partial charge in [-0.3, -0.25) is 4.79 Å². The van der Waals surface area contributed by atoms with Crippen LogP contribution in [0.2, 0.25) is 0 Å². The lowest BCUT2D eigenvalue weighted by atomic mass is 9.56. The smallest absolute Gasteiger partial charge is 0.338 e. The van der Waals surface area contributed by atoms with Crippen LogP contribution in [-0.2, 0) is 4.79 Å². The minimum Gasteiger partial charge on any atom is -0.493 e. The zero-order valence-corrected chi connectivity index (χ0v) is 16.9. The minimum atomic E-state index is -1.27. The first-order chi connectivity index (χ1) is 13.9. The molecule has 4 rings (SSSR count). The third-order valence-electron chi connectivity index (χ3n) is 6.98. The SMILES string of the molecule is O=C(O)c1ccc(OCCCC2CC3(CCN(C(=O)CC4CC4)CC3)C2)cc1F. The molecule has 2 aliphatic carbocycles. The van der Waals surface area contributed by atoms with Crippen molar-refractivity contribution >= 4 is 11.9 Å². The largest absolute Gasteiger partial charge is 0.493 e. The molecule has 0 bridgehead atoms. The summed E-state index contributed by atoms with van der Waals surface area (Å²) < 4.78 is 19.2. The molecule has 6 heteroatoms. The average molecular weight is 403 g/mol. The number of carbonyl (C=O) groups is 2. The van der Waals surface area contributed by atoms with Crippen LogP contribution in [0.15, 0.2) is 18.2 Å². The Bertz CT molecular complexity index is 760. The number of hydrogen-bond donors (Lipinski definition) is 1. The third kappa shape index (κ3) is 4.90. The molecular weight excluding hydrogens is 373 g/mol. The number of amides is 1. The number of rotatable bonds is 8. The molecule has 0 aromatic heterocycles. The van der Waals surface area contributed by atoms with Gasteiger partial charge in [0.05, 0.1) is 12.2 Å². The standard InChI is InChI=1S/C23H30FNO4/c24-20-13-18(5-6-19(20)22(27)28)29-11-1-2-17-14-23(15-17)7-9-25(10-8-23)21(26)12-16-3-4-16/h5-6,13,16-17H,1-4,7-12,14-15H2,(H,27,28). The van der Waals surface area contributed by atoms with Gasteiger partial charge in [-0.15, -0.1) is 0 Å². The van der Waals surface area contributed by atoms with Crippen molar-refractivity contribution in [2.75, 3.05) is 19.7 Å².